The molecule has 0 radical (unpaired) electrons. The van der Waals surface area contributed by atoms with Gasteiger partial charge in [-0.15, -0.1) is 0 Å². The van der Waals surface area contributed by atoms with Crippen molar-refractivity contribution in [3.63, 3.8) is 0 Å². The lowest BCUT2D eigenvalue weighted by molar-refractivity contribution is 0.144. The molecule has 1 aliphatic carbocycles. The Morgan fingerprint density at radius 2 is 1.95 bits per heavy atom. The van der Waals surface area contributed by atoms with Crippen LogP contribution in [0, 0.1) is 5.92 Å². The van der Waals surface area contributed by atoms with E-state index in [2.05, 4.69) is 16.7 Å². The van der Waals surface area contributed by atoms with E-state index < -0.39 is 0 Å². The SMILES string of the molecule is CC1CCCN(C(N)=NCC2CCCCN2C2CC2)C1. The molecule has 0 spiro atoms. The number of likely N-dealkylation sites (tertiary alicyclic amines) is 2. The lowest BCUT2D eigenvalue weighted by Gasteiger charge is -2.36. The predicted molar refractivity (Wildman–Crippen MR) is 83.8 cm³/mol. The van der Waals surface area contributed by atoms with Gasteiger partial charge in [0.25, 0.3) is 0 Å². The van der Waals surface area contributed by atoms with Crippen LogP contribution < -0.4 is 5.73 Å². The van der Waals surface area contributed by atoms with E-state index in [0.717, 1.165) is 37.6 Å². The summed E-state index contributed by atoms with van der Waals surface area (Å²) in [6.45, 7) is 6.69. The van der Waals surface area contributed by atoms with Crippen molar-refractivity contribution in [2.24, 2.45) is 16.6 Å². The molecule has 3 rings (SSSR count). The Bertz CT molecular complexity index is 350. The lowest BCUT2D eigenvalue weighted by Crippen LogP contribution is -2.46. The lowest BCUT2D eigenvalue weighted by atomic mass is 10.0. The maximum absolute atomic E-state index is 6.22. The van der Waals surface area contributed by atoms with Crippen LogP contribution in [0.3, 0.4) is 0 Å². The van der Waals surface area contributed by atoms with Crippen LogP contribution in [-0.4, -0.2) is 54.0 Å². The smallest absolute Gasteiger partial charge is 0.191 e. The zero-order valence-electron chi connectivity index (χ0n) is 12.9. The summed E-state index contributed by atoms with van der Waals surface area (Å²) in [5, 5.41) is 0. The normalized spacial score (nSPS) is 33.5. The molecule has 2 N–H and O–H groups in total. The van der Waals surface area contributed by atoms with Gasteiger partial charge in [0, 0.05) is 25.2 Å². The number of guanidine groups is 1. The third kappa shape index (κ3) is 3.46. The molecule has 2 atom stereocenters. The van der Waals surface area contributed by atoms with E-state index in [1.165, 1.54) is 51.5 Å². The van der Waals surface area contributed by atoms with Gasteiger partial charge in [0.2, 0.25) is 0 Å². The topological polar surface area (TPSA) is 44.9 Å². The maximum Gasteiger partial charge on any atom is 0.191 e. The highest BCUT2D eigenvalue weighted by atomic mass is 15.3. The molecule has 0 bridgehead atoms. The monoisotopic (exact) mass is 278 g/mol. The summed E-state index contributed by atoms with van der Waals surface area (Å²) in [5.74, 6) is 1.55. The fourth-order valence-corrected chi connectivity index (χ4v) is 3.80. The molecule has 0 aromatic heterocycles. The van der Waals surface area contributed by atoms with Crippen molar-refractivity contribution in [1.29, 1.82) is 0 Å². The van der Waals surface area contributed by atoms with Gasteiger partial charge in [-0.25, -0.2) is 0 Å². The second-order valence-corrected chi connectivity index (χ2v) is 7.01. The first-order valence-corrected chi connectivity index (χ1v) is 8.54. The molecule has 3 fully saturated rings. The Hall–Kier alpha value is -0.770. The number of hydrogen-bond donors (Lipinski definition) is 1. The molecular formula is C16H30N4. The summed E-state index contributed by atoms with van der Waals surface area (Å²) in [5.41, 5.74) is 6.22. The first kappa shape index (κ1) is 14.2. The van der Waals surface area contributed by atoms with Crippen LogP contribution in [0.1, 0.15) is 51.9 Å². The van der Waals surface area contributed by atoms with Crippen molar-refractivity contribution in [3.05, 3.63) is 0 Å². The second kappa shape index (κ2) is 6.33. The average molecular weight is 278 g/mol. The van der Waals surface area contributed by atoms with Crippen LogP contribution in [-0.2, 0) is 0 Å². The van der Waals surface area contributed by atoms with E-state index in [9.17, 15) is 0 Å². The highest BCUT2D eigenvalue weighted by molar-refractivity contribution is 5.78. The Balaban J connectivity index is 1.54. The van der Waals surface area contributed by atoms with Gasteiger partial charge in [0.1, 0.15) is 0 Å². The molecular weight excluding hydrogens is 248 g/mol. The first-order chi connectivity index (χ1) is 9.74. The van der Waals surface area contributed by atoms with Gasteiger partial charge in [0.15, 0.2) is 5.96 Å². The van der Waals surface area contributed by atoms with Crippen molar-refractivity contribution in [2.75, 3.05) is 26.2 Å². The van der Waals surface area contributed by atoms with Gasteiger partial charge in [0.05, 0.1) is 6.54 Å². The highest BCUT2D eigenvalue weighted by Gasteiger charge is 2.35. The zero-order chi connectivity index (χ0) is 13.9. The van der Waals surface area contributed by atoms with Crippen molar-refractivity contribution < 1.29 is 0 Å². The van der Waals surface area contributed by atoms with Gasteiger partial charge < -0.3 is 10.6 Å². The van der Waals surface area contributed by atoms with Gasteiger partial charge >= 0.3 is 0 Å². The summed E-state index contributed by atoms with van der Waals surface area (Å²) >= 11 is 0. The molecule has 0 aromatic rings. The molecule has 20 heavy (non-hydrogen) atoms. The molecule has 1 saturated carbocycles. The fraction of sp³-hybridized carbons (Fsp3) is 0.938. The van der Waals surface area contributed by atoms with Crippen LogP contribution in [0.2, 0.25) is 0 Å². The highest BCUT2D eigenvalue weighted by Crippen LogP contribution is 2.32. The van der Waals surface area contributed by atoms with Crippen LogP contribution in [0.5, 0.6) is 0 Å². The molecule has 114 valence electrons. The summed E-state index contributed by atoms with van der Waals surface area (Å²) in [4.78, 5) is 9.74. The van der Waals surface area contributed by atoms with Gasteiger partial charge in [-0.3, -0.25) is 9.89 Å². The minimum absolute atomic E-state index is 0.650. The van der Waals surface area contributed by atoms with Crippen molar-refractivity contribution >= 4 is 5.96 Å². The molecule has 2 unspecified atom stereocenters. The largest absolute Gasteiger partial charge is 0.370 e. The maximum atomic E-state index is 6.22. The summed E-state index contributed by atoms with van der Waals surface area (Å²) < 4.78 is 0. The molecule has 3 aliphatic rings. The molecule has 0 amide bonds. The predicted octanol–water partition coefficient (Wildman–Crippen LogP) is 2.05. The van der Waals surface area contributed by atoms with Gasteiger partial charge in [-0.1, -0.05) is 13.3 Å². The quantitative estimate of drug-likeness (QED) is 0.635. The summed E-state index contributed by atoms with van der Waals surface area (Å²) in [6.07, 6.45) is 9.44. The second-order valence-electron chi connectivity index (χ2n) is 7.01. The van der Waals surface area contributed by atoms with E-state index in [4.69, 9.17) is 10.7 Å². The number of rotatable bonds is 3. The van der Waals surface area contributed by atoms with Crippen molar-refractivity contribution in [1.82, 2.24) is 9.80 Å². The average Bonchev–Trinajstić information content (AvgIpc) is 3.29. The Kier molecular flexibility index (Phi) is 4.49. The molecule has 2 heterocycles. The number of piperidine rings is 2. The minimum Gasteiger partial charge on any atom is -0.370 e. The van der Waals surface area contributed by atoms with Crippen LogP contribution >= 0.6 is 0 Å². The molecule has 4 heteroatoms. The van der Waals surface area contributed by atoms with Crippen molar-refractivity contribution in [2.45, 2.75) is 64.0 Å². The van der Waals surface area contributed by atoms with Gasteiger partial charge in [-0.2, -0.15) is 0 Å². The van der Waals surface area contributed by atoms with E-state index in [1.807, 2.05) is 0 Å². The number of aliphatic imine (C=N–C) groups is 1. The molecule has 2 aliphatic heterocycles. The third-order valence-electron chi connectivity index (χ3n) is 5.13. The number of nitrogens with two attached hydrogens (primary N) is 1. The summed E-state index contributed by atoms with van der Waals surface area (Å²) in [6, 6.07) is 1.52. The van der Waals surface area contributed by atoms with Crippen LogP contribution in [0.15, 0.2) is 4.99 Å². The third-order valence-corrected chi connectivity index (χ3v) is 5.13. The standard InChI is InChI=1S/C16H30N4/c1-13-5-4-9-19(12-13)16(17)18-11-15-6-2-3-10-20(15)14-7-8-14/h13-15H,2-12H2,1H3,(H2,17,18). The van der Waals surface area contributed by atoms with E-state index >= 15 is 0 Å². The fourth-order valence-electron chi connectivity index (χ4n) is 3.80. The molecule has 4 nitrogen and oxygen atoms in total. The van der Waals surface area contributed by atoms with E-state index in [1.54, 1.807) is 0 Å². The van der Waals surface area contributed by atoms with E-state index in [-0.39, 0.29) is 0 Å². The molecule has 2 saturated heterocycles. The van der Waals surface area contributed by atoms with Crippen molar-refractivity contribution in [3.8, 4) is 0 Å². The zero-order valence-corrected chi connectivity index (χ0v) is 12.9. The summed E-state index contributed by atoms with van der Waals surface area (Å²) in [7, 11) is 0. The number of hydrogen-bond acceptors (Lipinski definition) is 2. The number of nitrogens with zero attached hydrogens (tertiary/aromatic N) is 3. The van der Waals surface area contributed by atoms with Gasteiger partial charge in [-0.05, 0) is 51.0 Å². The van der Waals surface area contributed by atoms with Crippen LogP contribution in [0.4, 0.5) is 0 Å². The van der Waals surface area contributed by atoms with Crippen LogP contribution in [0.25, 0.3) is 0 Å². The molecule has 0 aromatic carbocycles. The Labute approximate surface area is 123 Å². The van der Waals surface area contributed by atoms with E-state index in [0.29, 0.717) is 6.04 Å². The Morgan fingerprint density at radius 1 is 1.10 bits per heavy atom. The minimum atomic E-state index is 0.650. The Morgan fingerprint density at radius 3 is 2.70 bits per heavy atom. The first-order valence-electron chi connectivity index (χ1n) is 8.54.